The van der Waals surface area contributed by atoms with Crippen LogP contribution in [0, 0.1) is 11.3 Å². The van der Waals surface area contributed by atoms with Gasteiger partial charge in [0.05, 0.1) is 6.61 Å². The van der Waals surface area contributed by atoms with Gasteiger partial charge in [-0.15, -0.1) is 0 Å². The normalized spacial score (nSPS) is 25.8. The standard InChI is InChI=1S/C24H33ClN2O4/c25-19-6-8-20(9-7-19)31-14-21(28)26-11-3-1-2-10-23-15-24(16-23,17-23)27-22(29)13-30-12-18-4-5-18/h6-9,18H,1-5,10-17H2,(H,26,28)(H,27,29). The molecule has 0 unspecified atom stereocenters. The summed E-state index contributed by atoms with van der Waals surface area (Å²) in [7, 11) is 0. The van der Waals surface area contributed by atoms with Crippen molar-refractivity contribution in [3.63, 3.8) is 0 Å². The molecule has 170 valence electrons. The number of carbonyl (C=O) groups is 2. The smallest absolute Gasteiger partial charge is 0.257 e. The van der Waals surface area contributed by atoms with Crippen molar-refractivity contribution in [2.75, 3.05) is 26.4 Å². The van der Waals surface area contributed by atoms with E-state index in [9.17, 15) is 9.59 Å². The molecule has 2 N–H and O–H groups in total. The van der Waals surface area contributed by atoms with E-state index in [0.717, 1.165) is 38.7 Å². The molecule has 4 saturated carbocycles. The molecule has 4 fully saturated rings. The third-order valence-electron chi connectivity index (χ3n) is 6.72. The molecular weight excluding hydrogens is 416 g/mol. The van der Waals surface area contributed by atoms with E-state index in [0.29, 0.717) is 28.6 Å². The summed E-state index contributed by atoms with van der Waals surface area (Å²) in [5.41, 5.74) is 0.524. The lowest BCUT2D eigenvalue weighted by Gasteiger charge is -2.71. The maximum absolute atomic E-state index is 12.0. The summed E-state index contributed by atoms with van der Waals surface area (Å²) < 4.78 is 10.9. The summed E-state index contributed by atoms with van der Waals surface area (Å²) in [4.78, 5) is 23.9. The first-order chi connectivity index (χ1) is 15.0. The van der Waals surface area contributed by atoms with Gasteiger partial charge in [0.1, 0.15) is 12.4 Å². The molecule has 0 aromatic heterocycles. The van der Waals surface area contributed by atoms with Crippen molar-refractivity contribution in [3.05, 3.63) is 29.3 Å². The Morgan fingerprint density at radius 3 is 2.45 bits per heavy atom. The van der Waals surface area contributed by atoms with Crippen LogP contribution in [0.1, 0.15) is 57.8 Å². The van der Waals surface area contributed by atoms with Crippen molar-refractivity contribution in [2.45, 2.75) is 63.3 Å². The number of halogens is 1. The van der Waals surface area contributed by atoms with E-state index >= 15 is 0 Å². The molecule has 1 aromatic carbocycles. The van der Waals surface area contributed by atoms with Crippen LogP contribution in [0.3, 0.4) is 0 Å². The average Bonchev–Trinajstić information content (AvgIpc) is 3.51. The molecule has 1 aromatic rings. The maximum atomic E-state index is 12.0. The minimum absolute atomic E-state index is 0.0180. The van der Waals surface area contributed by atoms with E-state index in [1.54, 1.807) is 24.3 Å². The lowest BCUT2D eigenvalue weighted by molar-refractivity contribution is -0.171. The van der Waals surface area contributed by atoms with Crippen molar-refractivity contribution < 1.29 is 19.1 Å². The fraction of sp³-hybridized carbons (Fsp3) is 0.667. The molecule has 5 rings (SSSR count). The van der Waals surface area contributed by atoms with Gasteiger partial charge in [0, 0.05) is 17.1 Å². The van der Waals surface area contributed by atoms with Gasteiger partial charge < -0.3 is 20.1 Å². The van der Waals surface area contributed by atoms with Gasteiger partial charge in [-0.1, -0.05) is 24.4 Å². The number of unbranched alkanes of at least 4 members (excludes halogenated alkanes) is 2. The van der Waals surface area contributed by atoms with Gasteiger partial charge >= 0.3 is 0 Å². The van der Waals surface area contributed by atoms with Crippen LogP contribution in [0.5, 0.6) is 5.75 Å². The summed E-state index contributed by atoms with van der Waals surface area (Å²) in [5.74, 6) is 1.28. The van der Waals surface area contributed by atoms with Crippen LogP contribution in [-0.2, 0) is 14.3 Å². The van der Waals surface area contributed by atoms with Crippen LogP contribution in [0.15, 0.2) is 24.3 Å². The van der Waals surface area contributed by atoms with E-state index in [-0.39, 0.29) is 30.6 Å². The third kappa shape index (κ3) is 6.36. The number of carbonyl (C=O) groups excluding carboxylic acids is 2. The highest BCUT2D eigenvalue weighted by molar-refractivity contribution is 6.30. The Kier molecular flexibility index (Phi) is 7.07. The van der Waals surface area contributed by atoms with E-state index in [2.05, 4.69) is 10.6 Å². The molecule has 0 atom stereocenters. The molecule has 4 aliphatic carbocycles. The lowest BCUT2D eigenvalue weighted by Crippen LogP contribution is -2.74. The molecule has 4 aliphatic rings. The Bertz CT molecular complexity index is 759. The second-order valence-corrected chi connectivity index (χ2v) is 10.2. The van der Waals surface area contributed by atoms with Gasteiger partial charge in [-0.25, -0.2) is 0 Å². The summed E-state index contributed by atoms with van der Waals surface area (Å²) in [5, 5.41) is 6.75. The van der Waals surface area contributed by atoms with Gasteiger partial charge in [0.25, 0.3) is 5.91 Å². The molecule has 0 saturated heterocycles. The SMILES string of the molecule is O=C(COc1ccc(Cl)cc1)NCCCCCC12CC(NC(=O)COCC3CC3)(C1)C2. The van der Waals surface area contributed by atoms with Crippen molar-refractivity contribution in [1.82, 2.24) is 10.6 Å². The zero-order valence-corrected chi connectivity index (χ0v) is 18.8. The molecule has 6 nitrogen and oxygen atoms in total. The van der Waals surface area contributed by atoms with Crippen molar-refractivity contribution in [3.8, 4) is 5.75 Å². The molecule has 0 heterocycles. The first-order valence-electron chi connectivity index (χ1n) is 11.5. The van der Waals surface area contributed by atoms with Gasteiger partial charge in [0.15, 0.2) is 6.61 Å². The number of hydrogen-bond donors (Lipinski definition) is 2. The molecule has 0 spiro atoms. The first kappa shape index (κ1) is 22.4. The monoisotopic (exact) mass is 448 g/mol. The summed E-state index contributed by atoms with van der Waals surface area (Å²) in [6, 6.07) is 6.97. The summed E-state index contributed by atoms with van der Waals surface area (Å²) in [6.45, 7) is 1.64. The predicted octanol–water partition coefficient (Wildman–Crippen LogP) is 3.86. The second kappa shape index (κ2) is 9.78. The number of hydrogen-bond acceptors (Lipinski definition) is 4. The van der Waals surface area contributed by atoms with E-state index in [4.69, 9.17) is 21.1 Å². The predicted molar refractivity (Wildman–Crippen MR) is 119 cm³/mol. The largest absolute Gasteiger partial charge is 0.484 e. The average molecular weight is 449 g/mol. The van der Waals surface area contributed by atoms with Gasteiger partial charge in [-0.2, -0.15) is 0 Å². The Morgan fingerprint density at radius 1 is 1.00 bits per heavy atom. The minimum Gasteiger partial charge on any atom is -0.484 e. The number of nitrogens with one attached hydrogen (secondary N) is 2. The summed E-state index contributed by atoms with van der Waals surface area (Å²) in [6.07, 6.45) is 10.3. The van der Waals surface area contributed by atoms with Crippen LogP contribution in [0.25, 0.3) is 0 Å². The van der Waals surface area contributed by atoms with Crippen LogP contribution in [-0.4, -0.2) is 43.7 Å². The highest BCUT2D eigenvalue weighted by Gasteiger charge is 2.67. The maximum Gasteiger partial charge on any atom is 0.257 e. The van der Waals surface area contributed by atoms with E-state index in [1.807, 2.05) is 0 Å². The Labute approximate surface area is 189 Å². The Balaban J connectivity index is 0.982. The summed E-state index contributed by atoms with van der Waals surface area (Å²) >= 11 is 5.83. The highest BCUT2D eigenvalue weighted by atomic mass is 35.5. The van der Waals surface area contributed by atoms with Crippen LogP contribution >= 0.6 is 11.6 Å². The first-order valence-corrected chi connectivity index (χ1v) is 11.9. The highest BCUT2D eigenvalue weighted by Crippen LogP contribution is 2.69. The lowest BCUT2D eigenvalue weighted by atomic mass is 9.38. The van der Waals surface area contributed by atoms with Gasteiger partial charge in [-0.3, -0.25) is 9.59 Å². The second-order valence-electron chi connectivity index (χ2n) is 9.72. The van der Waals surface area contributed by atoms with Crippen LogP contribution in [0.2, 0.25) is 5.02 Å². The topological polar surface area (TPSA) is 76.7 Å². The fourth-order valence-corrected chi connectivity index (χ4v) is 5.22. The Hall–Kier alpha value is -1.79. The molecule has 0 radical (unpaired) electrons. The van der Waals surface area contributed by atoms with Gasteiger partial charge in [-0.05, 0) is 80.5 Å². The van der Waals surface area contributed by atoms with Crippen molar-refractivity contribution in [1.29, 1.82) is 0 Å². The van der Waals surface area contributed by atoms with Gasteiger partial charge in [0.2, 0.25) is 5.91 Å². The molecule has 2 amide bonds. The number of ether oxygens (including phenoxy) is 2. The molecule has 0 aliphatic heterocycles. The molecular formula is C24H33ClN2O4. The zero-order chi connectivity index (χ0) is 21.7. The van der Waals surface area contributed by atoms with E-state index in [1.165, 1.54) is 25.7 Å². The molecule has 2 bridgehead atoms. The quantitative estimate of drug-likeness (QED) is 0.424. The minimum atomic E-state index is -0.104. The number of rotatable bonds is 14. The van der Waals surface area contributed by atoms with Crippen molar-refractivity contribution in [2.24, 2.45) is 11.3 Å². The molecule has 31 heavy (non-hydrogen) atoms. The molecule has 7 heteroatoms. The fourth-order valence-electron chi connectivity index (χ4n) is 5.09. The van der Waals surface area contributed by atoms with Crippen LogP contribution in [0.4, 0.5) is 0 Å². The zero-order valence-electron chi connectivity index (χ0n) is 18.1. The Morgan fingerprint density at radius 2 is 1.74 bits per heavy atom. The van der Waals surface area contributed by atoms with E-state index < -0.39 is 0 Å². The van der Waals surface area contributed by atoms with Crippen molar-refractivity contribution >= 4 is 23.4 Å². The number of benzene rings is 1. The third-order valence-corrected chi connectivity index (χ3v) is 6.97. The van der Waals surface area contributed by atoms with Crippen LogP contribution < -0.4 is 15.4 Å². The number of amides is 2.